The summed E-state index contributed by atoms with van der Waals surface area (Å²) < 4.78 is 0. The molecular weight excluding hydrogens is 460 g/mol. The molecule has 33 heavy (non-hydrogen) atoms. The molecule has 0 heterocycles. The van der Waals surface area contributed by atoms with Crippen molar-refractivity contribution in [3.63, 3.8) is 0 Å². The van der Waals surface area contributed by atoms with Gasteiger partial charge in [-0.25, -0.2) is 4.79 Å². The highest BCUT2D eigenvalue weighted by molar-refractivity contribution is 7.80. The van der Waals surface area contributed by atoms with Gasteiger partial charge in [-0.05, 0) is 25.2 Å². The molecule has 0 aromatic rings. The average Bonchev–Trinajstić information content (AvgIpc) is 2.70. The first kappa shape index (κ1) is 30.1. The maximum absolute atomic E-state index is 12.7. The molecule has 14 heteroatoms. The highest BCUT2D eigenvalue weighted by Crippen LogP contribution is 2.06. The molecule has 4 unspecified atom stereocenters. The largest absolute Gasteiger partial charge is 0.481 e. The van der Waals surface area contributed by atoms with Crippen LogP contribution < -0.4 is 21.7 Å². The van der Waals surface area contributed by atoms with Crippen LogP contribution >= 0.6 is 12.6 Å². The van der Waals surface area contributed by atoms with E-state index in [0.717, 1.165) is 0 Å². The molecule has 0 aromatic carbocycles. The highest BCUT2D eigenvalue weighted by Gasteiger charge is 2.30. The van der Waals surface area contributed by atoms with E-state index >= 15 is 0 Å². The summed E-state index contributed by atoms with van der Waals surface area (Å²) in [6, 6.07) is -5.09. The number of carbonyl (C=O) groups excluding carboxylic acids is 3. The van der Waals surface area contributed by atoms with E-state index in [9.17, 15) is 28.8 Å². The average molecular weight is 493 g/mol. The standard InChI is InChI=1S/C19H32N4O9S/c1-9(2)7-10(20)16(28)21-11(3-5-14(24)25)17(29)23-13(8-33)18(30)22-12(19(31)32)4-6-15(26)27/h9-13,33H,3-8,20H2,1-2H3,(H,21,28)(H,22,30)(H,23,29)(H,24,25)(H,26,27)(H,31,32). The number of nitrogens with one attached hydrogen (secondary N) is 3. The van der Waals surface area contributed by atoms with Crippen LogP contribution in [0.5, 0.6) is 0 Å². The fourth-order valence-corrected chi connectivity index (χ4v) is 2.95. The minimum Gasteiger partial charge on any atom is -0.481 e. The van der Waals surface area contributed by atoms with Crippen LogP contribution in [-0.4, -0.2) is 80.9 Å². The number of carboxylic acid groups (broad SMARTS) is 3. The number of amides is 3. The van der Waals surface area contributed by atoms with Crippen molar-refractivity contribution in [1.29, 1.82) is 0 Å². The Balaban J connectivity index is 5.30. The lowest BCUT2D eigenvalue weighted by molar-refractivity contribution is -0.143. The second-order valence-corrected chi connectivity index (χ2v) is 8.17. The van der Waals surface area contributed by atoms with Crippen molar-refractivity contribution < 1.29 is 44.1 Å². The third-order valence-electron chi connectivity index (χ3n) is 4.42. The Hall–Kier alpha value is -2.87. The van der Waals surface area contributed by atoms with Gasteiger partial charge in [-0.1, -0.05) is 13.8 Å². The molecule has 0 aliphatic rings. The van der Waals surface area contributed by atoms with Crippen LogP contribution in [0, 0.1) is 5.92 Å². The second-order valence-electron chi connectivity index (χ2n) is 7.81. The maximum atomic E-state index is 12.7. The first-order valence-electron chi connectivity index (χ1n) is 10.2. The number of hydrogen-bond acceptors (Lipinski definition) is 8. The van der Waals surface area contributed by atoms with Gasteiger partial charge in [0.15, 0.2) is 0 Å². The van der Waals surface area contributed by atoms with Gasteiger partial charge < -0.3 is 37.0 Å². The molecule has 0 rings (SSSR count). The molecule has 188 valence electrons. The van der Waals surface area contributed by atoms with E-state index in [0.29, 0.717) is 6.42 Å². The molecule has 3 amide bonds. The van der Waals surface area contributed by atoms with Crippen LogP contribution in [0.4, 0.5) is 0 Å². The fourth-order valence-electron chi connectivity index (χ4n) is 2.69. The molecule has 0 radical (unpaired) electrons. The molecule has 0 saturated heterocycles. The van der Waals surface area contributed by atoms with Crippen LogP contribution in [0.25, 0.3) is 0 Å². The summed E-state index contributed by atoms with van der Waals surface area (Å²) in [6.45, 7) is 3.69. The van der Waals surface area contributed by atoms with Crippen molar-refractivity contribution in [2.24, 2.45) is 11.7 Å². The topological polar surface area (TPSA) is 225 Å². The van der Waals surface area contributed by atoms with Gasteiger partial charge in [-0.2, -0.15) is 12.6 Å². The van der Waals surface area contributed by atoms with Gasteiger partial charge in [0.25, 0.3) is 0 Å². The van der Waals surface area contributed by atoms with Gasteiger partial charge in [-0.15, -0.1) is 0 Å². The van der Waals surface area contributed by atoms with E-state index in [1.165, 1.54) is 0 Å². The van der Waals surface area contributed by atoms with Gasteiger partial charge in [-0.3, -0.25) is 24.0 Å². The normalized spacial score (nSPS) is 14.5. The lowest BCUT2D eigenvalue weighted by Crippen LogP contribution is -2.57. The van der Waals surface area contributed by atoms with Crippen molar-refractivity contribution in [3.8, 4) is 0 Å². The molecule has 0 saturated carbocycles. The number of nitrogens with two attached hydrogens (primary N) is 1. The van der Waals surface area contributed by atoms with Crippen molar-refractivity contribution in [3.05, 3.63) is 0 Å². The van der Waals surface area contributed by atoms with Gasteiger partial charge in [0.2, 0.25) is 17.7 Å². The number of carboxylic acids is 3. The number of hydrogen-bond donors (Lipinski definition) is 8. The molecule has 8 N–H and O–H groups in total. The van der Waals surface area contributed by atoms with E-state index in [-0.39, 0.29) is 24.5 Å². The zero-order valence-electron chi connectivity index (χ0n) is 18.4. The molecule has 0 fully saturated rings. The highest BCUT2D eigenvalue weighted by atomic mass is 32.1. The summed E-state index contributed by atoms with van der Waals surface area (Å²) in [7, 11) is 0. The first-order valence-corrected chi connectivity index (χ1v) is 10.9. The third kappa shape index (κ3) is 12.7. The molecule has 0 bridgehead atoms. The molecule has 0 aliphatic heterocycles. The molecular formula is C19H32N4O9S. The zero-order valence-corrected chi connectivity index (χ0v) is 19.3. The van der Waals surface area contributed by atoms with Crippen molar-refractivity contribution in [2.75, 3.05) is 5.75 Å². The van der Waals surface area contributed by atoms with Gasteiger partial charge in [0.1, 0.15) is 18.1 Å². The van der Waals surface area contributed by atoms with E-state index in [2.05, 4.69) is 28.6 Å². The molecule has 4 atom stereocenters. The summed E-state index contributed by atoms with van der Waals surface area (Å²) in [4.78, 5) is 70.3. The number of rotatable bonds is 16. The van der Waals surface area contributed by atoms with E-state index < -0.39 is 72.6 Å². The Kier molecular flexibility index (Phi) is 13.7. The Bertz CT molecular complexity index is 732. The Morgan fingerprint density at radius 1 is 0.758 bits per heavy atom. The predicted octanol–water partition coefficient (Wildman–Crippen LogP) is -1.44. The van der Waals surface area contributed by atoms with Gasteiger partial charge in [0.05, 0.1) is 6.04 Å². The minimum atomic E-state index is -1.51. The lowest BCUT2D eigenvalue weighted by atomic mass is 10.0. The summed E-state index contributed by atoms with van der Waals surface area (Å²) >= 11 is 3.96. The van der Waals surface area contributed by atoms with Crippen molar-refractivity contribution in [1.82, 2.24) is 16.0 Å². The lowest BCUT2D eigenvalue weighted by Gasteiger charge is -2.24. The van der Waals surface area contributed by atoms with Crippen LogP contribution in [0.3, 0.4) is 0 Å². The minimum absolute atomic E-state index is 0.0950. The van der Waals surface area contributed by atoms with Crippen LogP contribution in [-0.2, 0) is 28.8 Å². The SMILES string of the molecule is CC(C)CC(N)C(=O)NC(CCC(=O)O)C(=O)NC(CS)C(=O)NC(CCC(=O)O)C(=O)O. The Morgan fingerprint density at radius 2 is 1.18 bits per heavy atom. The van der Waals surface area contributed by atoms with E-state index in [1.807, 2.05) is 13.8 Å². The molecule has 13 nitrogen and oxygen atoms in total. The summed E-state index contributed by atoms with van der Waals surface area (Å²) in [5.74, 6) is -6.56. The van der Waals surface area contributed by atoms with Crippen molar-refractivity contribution in [2.45, 2.75) is 70.1 Å². The predicted molar refractivity (Wildman–Crippen MR) is 118 cm³/mol. The smallest absolute Gasteiger partial charge is 0.326 e. The van der Waals surface area contributed by atoms with Crippen LogP contribution in [0.2, 0.25) is 0 Å². The zero-order chi connectivity index (χ0) is 25.7. The number of carbonyl (C=O) groups is 6. The second kappa shape index (κ2) is 15.1. The number of thiol groups is 1. The Morgan fingerprint density at radius 3 is 1.61 bits per heavy atom. The summed E-state index contributed by atoms with van der Waals surface area (Å²) in [5.41, 5.74) is 5.80. The Labute approximate surface area is 196 Å². The molecule has 0 aromatic heterocycles. The fraction of sp³-hybridized carbons (Fsp3) is 0.684. The monoisotopic (exact) mass is 492 g/mol. The van der Waals surface area contributed by atoms with Gasteiger partial charge >= 0.3 is 17.9 Å². The first-order chi connectivity index (χ1) is 15.3. The number of aliphatic carboxylic acids is 3. The quantitative estimate of drug-likeness (QED) is 0.117. The van der Waals surface area contributed by atoms with E-state index in [4.69, 9.17) is 21.1 Å². The summed E-state index contributed by atoms with van der Waals surface area (Å²) in [6.07, 6.45) is -1.29. The van der Waals surface area contributed by atoms with Crippen LogP contribution in [0.1, 0.15) is 46.0 Å². The molecule has 0 spiro atoms. The third-order valence-corrected chi connectivity index (χ3v) is 4.78. The summed E-state index contributed by atoms with van der Waals surface area (Å²) in [5, 5.41) is 33.6. The van der Waals surface area contributed by atoms with Crippen LogP contribution in [0.15, 0.2) is 0 Å². The maximum Gasteiger partial charge on any atom is 0.326 e. The molecule has 0 aliphatic carbocycles. The van der Waals surface area contributed by atoms with E-state index in [1.54, 1.807) is 0 Å². The van der Waals surface area contributed by atoms with Crippen molar-refractivity contribution >= 4 is 48.3 Å². The van der Waals surface area contributed by atoms with Gasteiger partial charge in [0, 0.05) is 18.6 Å².